The molecule has 172 valence electrons. The fraction of sp³-hybridized carbons (Fsp3) is 0.520. The molecule has 2 unspecified atom stereocenters. The summed E-state index contributed by atoms with van der Waals surface area (Å²) >= 11 is 5.87. The van der Waals surface area contributed by atoms with Gasteiger partial charge >= 0.3 is 0 Å². The molecular weight excluding hydrogens is 426 g/mol. The van der Waals surface area contributed by atoms with Gasteiger partial charge in [-0.1, -0.05) is 17.7 Å². The number of ether oxygens (including phenoxy) is 1. The number of benzene rings is 1. The third-order valence-corrected chi connectivity index (χ3v) is 7.05. The number of amides is 1. The number of nitrogens with zero attached hydrogens (tertiary/aromatic N) is 3. The lowest BCUT2D eigenvalue weighted by molar-refractivity contribution is 0.0101. The number of piperidine rings is 1. The predicted octanol–water partition coefficient (Wildman–Crippen LogP) is 4.16. The van der Waals surface area contributed by atoms with Crippen molar-refractivity contribution in [2.75, 3.05) is 26.2 Å². The number of carbonyl (C=O) groups excluding carboxylic acids is 1. The van der Waals surface area contributed by atoms with Crippen molar-refractivity contribution in [1.82, 2.24) is 14.8 Å². The number of carbonyl (C=O) groups is 1. The van der Waals surface area contributed by atoms with E-state index in [0.717, 1.165) is 43.7 Å². The zero-order chi connectivity index (χ0) is 22.8. The molecule has 0 saturated carbocycles. The van der Waals surface area contributed by atoms with Gasteiger partial charge in [-0.05, 0) is 74.9 Å². The van der Waals surface area contributed by atoms with Gasteiger partial charge in [-0.15, -0.1) is 0 Å². The summed E-state index contributed by atoms with van der Waals surface area (Å²) in [7, 11) is 0. The van der Waals surface area contributed by atoms with E-state index in [4.69, 9.17) is 16.3 Å². The molecule has 2 aliphatic heterocycles. The van der Waals surface area contributed by atoms with E-state index >= 15 is 0 Å². The van der Waals surface area contributed by atoms with Crippen molar-refractivity contribution in [2.24, 2.45) is 0 Å². The van der Waals surface area contributed by atoms with E-state index in [1.165, 1.54) is 11.1 Å². The van der Waals surface area contributed by atoms with Gasteiger partial charge < -0.3 is 14.7 Å². The van der Waals surface area contributed by atoms with Gasteiger partial charge in [0.05, 0.1) is 11.7 Å². The van der Waals surface area contributed by atoms with Crippen LogP contribution in [0.3, 0.4) is 0 Å². The summed E-state index contributed by atoms with van der Waals surface area (Å²) in [6.45, 7) is 8.59. The monoisotopic (exact) mass is 457 g/mol. The molecule has 1 N–H and O–H groups in total. The average Bonchev–Trinajstić information content (AvgIpc) is 2.79. The molecule has 3 heterocycles. The lowest BCUT2D eigenvalue weighted by atomic mass is 9.86. The summed E-state index contributed by atoms with van der Waals surface area (Å²) in [4.78, 5) is 21.6. The molecule has 2 fully saturated rings. The Labute approximate surface area is 195 Å². The molecule has 0 radical (unpaired) electrons. The fourth-order valence-corrected chi connectivity index (χ4v) is 5.11. The zero-order valence-electron chi connectivity index (χ0n) is 19.1. The molecule has 0 spiro atoms. The van der Waals surface area contributed by atoms with Crippen LogP contribution >= 0.6 is 11.6 Å². The maximum Gasteiger partial charge on any atom is 0.255 e. The number of aromatic nitrogens is 1. The Balaban J connectivity index is 1.49. The maximum absolute atomic E-state index is 13.0. The highest BCUT2D eigenvalue weighted by Crippen LogP contribution is 2.39. The van der Waals surface area contributed by atoms with Gasteiger partial charge in [0.1, 0.15) is 17.5 Å². The van der Waals surface area contributed by atoms with Crippen LogP contribution in [0.25, 0.3) is 0 Å². The van der Waals surface area contributed by atoms with Crippen LogP contribution in [0, 0.1) is 13.8 Å². The van der Waals surface area contributed by atoms with Crippen molar-refractivity contribution in [3.63, 3.8) is 0 Å². The van der Waals surface area contributed by atoms with Gasteiger partial charge in [-0.25, -0.2) is 4.98 Å². The zero-order valence-corrected chi connectivity index (χ0v) is 19.8. The third-order valence-electron chi connectivity index (χ3n) is 6.82. The number of aliphatic hydroxyl groups excluding tert-OH is 1. The highest BCUT2D eigenvalue weighted by molar-refractivity contribution is 6.29. The van der Waals surface area contributed by atoms with Crippen molar-refractivity contribution in [3.05, 3.63) is 57.9 Å². The largest absolute Gasteiger partial charge is 0.491 e. The molecule has 0 aliphatic carbocycles. The maximum atomic E-state index is 13.0. The quantitative estimate of drug-likeness (QED) is 0.683. The smallest absolute Gasteiger partial charge is 0.255 e. The first-order chi connectivity index (χ1) is 15.3. The van der Waals surface area contributed by atoms with E-state index in [1.807, 2.05) is 11.0 Å². The molecule has 7 heteroatoms. The summed E-state index contributed by atoms with van der Waals surface area (Å²) in [6, 6.07) is 8.36. The number of hydrogen-bond acceptors (Lipinski definition) is 5. The number of rotatable bonds is 5. The van der Waals surface area contributed by atoms with Crippen LogP contribution < -0.4 is 4.74 Å². The van der Waals surface area contributed by atoms with Crippen molar-refractivity contribution < 1.29 is 14.6 Å². The van der Waals surface area contributed by atoms with Crippen molar-refractivity contribution in [1.29, 1.82) is 0 Å². The molecule has 1 aromatic heterocycles. The Kier molecular flexibility index (Phi) is 7.03. The molecular formula is C25H32ClN3O3. The lowest BCUT2D eigenvalue weighted by Gasteiger charge is -2.48. The number of pyridine rings is 1. The number of halogens is 1. The summed E-state index contributed by atoms with van der Waals surface area (Å²) in [5.41, 5.74) is 4.33. The number of piperazine rings is 1. The molecule has 32 heavy (non-hydrogen) atoms. The second-order valence-electron chi connectivity index (χ2n) is 9.02. The Morgan fingerprint density at radius 1 is 1.22 bits per heavy atom. The number of hydrogen-bond donors (Lipinski definition) is 1. The SMILES string of the molecule is Cc1c(OC[C@H](C)O)ccc(C2CCCC3CN(C(=O)c4ccc(Cl)nc4)CCN32)c1C. The van der Waals surface area contributed by atoms with Crippen LogP contribution in [0.2, 0.25) is 5.15 Å². The highest BCUT2D eigenvalue weighted by atomic mass is 35.5. The second-order valence-corrected chi connectivity index (χ2v) is 9.41. The third kappa shape index (κ3) is 4.77. The van der Waals surface area contributed by atoms with Gasteiger partial charge in [0, 0.05) is 37.9 Å². The first kappa shape index (κ1) is 23.0. The van der Waals surface area contributed by atoms with Gasteiger partial charge in [0.25, 0.3) is 5.91 Å². The molecule has 2 saturated heterocycles. The normalized spacial score (nSPS) is 22.3. The number of fused-ring (bicyclic) bond motifs is 1. The number of aliphatic hydroxyl groups is 1. The van der Waals surface area contributed by atoms with Crippen LogP contribution in [0.5, 0.6) is 5.75 Å². The predicted molar refractivity (Wildman–Crippen MR) is 125 cm³/mol. The van der Waals surface area contributed by atoms with E-state index in [2.05, 4.69) is 29.8 Å². The van der Waals surface area contributed by atoms with Gasteiger partial charge in [0.2, 0.25) is 0 Å². The van der Waals surface area contributed by atoms with Crippen LogP contribution in [-0.2, 0) is 0 Å². The van der Waals surface area contributed by atoms with Crippen LogP contribution in [0.15, 0.2) is 30.5 Å². The van der Waals surface area contributed by atoms with Gasteiger partial charge in [-0.3, -0.25) is 9.69 Å². The first-order valence-corrected chi connectivity index (χ1v) is 11.8. The highest BCUT2D eigenvalue weighted by Gasteiger charge is 2.37. The van der Waals surface area contributed by atoms with Crippen molar-refractivity contribution in [3.8, 4) is 5.75 Å². The van der Waals surface area contributed by atoms with Crippen molar-refractivity contribution in [2.45, 2.75) is 58.2 Å². The topological polar surface area (TPSA) is 65.9 Å². The van der Waals surface area contributed by atoms with Crippen LogP contribution in [0.4, 0.5) is 0 Å². The average molecular weight is 458 g/mol. The van der Waals surface area contributed by atoms with E-state index < -0.39 is 6.10 Å². The molecule has 2 aromatic rings. The standard InChI is InChI=1S/C25H32ClN3O3/c1-16(30)15-32-23-9-8-21(17(2)18(23)3)22-6-4-5-20-14-28(11-12-29(20)22)25(31)19-7-10-24(26)27-13-19/h7-10,13,16,20,22,30H,4-6,11-12,14-15H2,1-3H3/t16-,20?,22?/m0/s1. The first-order valence-electron chi connectivity index (χ1n) is 11.4. The summed E-state index contributed by atoms with van der Waals surface area (Å²) in [6.07, 6.45) is 4.45. The molecule has 3 atom stereocenters. The Hall–Kier alpha value is -2.15. The minimum absolute atomic E-state index is 0.0302. The minimum atomic E-state index is -0.490. The van der Waals surface area contributed by atoms with E-state index in [0.29, 0.717) is 36.0 Å². The van der Waals surface area contributed by atoms with E-state index in [-0.39, 0.29) is 5.91 Å². The lowest BCUT2D eigenvalue weighted by Crippen LogP contribution is -2.57. The van der Waals surface area contributed by atoms with Gasteiger partial charge in [0.15, 0.2) is 0 Å². The Morgan fingerprint density at radius 3 is 2.75 bits per heavy atom. The molecule has 1 aromatic carbocycles. The second kappa shape index (κ2) is 9.77. The van der Waals surface area contributed by atoms with Crippen LogP contribution in [-0.4, -0.2) is 64.2 Å². The molecule has 6 nitrogen and oxygen atoms in total. The van der Waals surface area contributed by atoms with Crippen LogP contribution in [0.1, 0.15) is 59.3 Å². The Bertz CT molecular complexity index is 964. The van der Waals surface area contributed by atoms with Crippen molar-refractivity contribution >= 4 is 17.5 Å². The minimum Gasteiger partial charge on any atom is -0.491 e. The van der Waals surface area contributed by atoms with E-state index in [1.54, 1.807) is 25.3 Å². The summed E-state index contributed by atoms with van der Waals surface area (Å²) in [5, 5.41) is 9.94. The Morgan fingerprint density at radius 2 is 2.03 bits per heavy atom. The molecule has 1 amide bonds. The fourth-order valence-electron chi connectivity index (χ4n) is 5.00. The molecule has 4 rings (SSSR count). The molecule has 0 bridgehead atoms. The summed E-state index contributed by atoms with van der Waals surface area (Å²) in [5.74, 6) is 0.870. The van der Waals surface area contributed by atoms with E-state index in [9.17, 15) is 9.90 Å². The molecule has 2 aliphatic rings. The van der Waals surface area contributed by atoms with Gasteiger partial charge in [-0.2, -0.15) is 0 Å². The summed E-state index contributed by atoms with van der Waals surface area (Å²) < 4.78 is 5.80.